The van der Waals surface area contributed by atoms with E-state index < -0.39 is 11.5 Å². The molecule has 1 saturated heterocycles. The van der Waals surface area contributed by atoms with Crippen molar-refractivity contribution in [3.8, 4) is 0 Å². The van der Waals surface area contributed by atoms with Crippen molar-refractivity contribution in [3.05, 3.63) is 0 Å². The number of piperidine rings is 1. The van der Waals surface area contributed by atoms with Crippen LogP contribution in [0.5, 0.6) is 0 Å². The summed E-state index contributed by atoms with van der Waals surface area (Å²) in [7, 11) is 1.89. The van der Waals surface area contributed by atoms with Gasteiger partial charge in [-0.15, -0.1) is 0 Å². The van der Waals surface area contributed by atoms with E-state index in [-0.39, 0.29) is 0 Å². The number of carbonyl (C=O) groups is 2. The number of carbonyl (C=O) groups excluding carboxylic acids is 1. The first kappa shape index (κ1) is 13.0. The number of carboxylic acid groups (broad SMARTS) is 1. The van der Waals surface area contributed by atoms with E-state index in [4.69, 9.17) is 0 Å². The fourth-order valence-corrected chi connectivity index (χ4v) is 2.39. The zero-order valence-corrected chi connectivity index (χ0v) is 9.98. The minimum absolute atomic E-state index is 0.418. The van der Waals surface area contributed by atoms with E-state index in [0.717, 1.165) is 19.4 Å². The average molecular weight is 228 g/mol. The molecule has 5 nitrogen and oxygen atoms in total. The molecule has 1 aliphatic rings. The van der Waals surface area contributed by atoms with E-state index in [1.165, 1.54) is 4.90 Å². The first-order valence-electron chi connectivity index (χ1n) is 5.71. The summed E-state index contributed by atoms with van der Waals surface area (Å²) >= 11 is 0. The van der Waals surface area contributed by atoms with Crippen LogP contribution >= 0.6 is 0 Å². The fraction of sp³-hybridized carbons (Fsp3) is 0.818. The third-order valence-electron chi connectivity index (χ3n) is 3.20. The van der Waals surface area contributed by atoms with Gasteiger partial charge in [-0.25, -0.2) is 4.79 Å². The Morgan fingerprint density at radius 2 is 2.31 bits per heavy atom. The summed E-state index contributed by atoms with van der Waals surface area (Å²) in [5, 5.41) is 9.41. The van der Waals surface area contributed by atoms with E-state index in [2.05, 4.69) is 0 Å². The van der Waals surface area contributed by atoms with E-state index in [1.807, 2.05) is 18.9 Å². The summed E-state index contributed by atoms with van der Waals surface area (Å²) in [5.41, 5.74) is -1.02. The van der Waals surface area contributed by atoms with Gasteiger partial charge in [0.15, 0.2) is 5.54 Å². The van der Waals surface area contributed by atoms with Gasteiger partial charge in [0, 0.05) is 13.1 Å². The second-order valence-electron chi connectivity index (χ2n) is 4.48. The molecular formula is C11H20N2O3. The summed E-state index contributed by atoms with van der Waals surface area (Å²) in [5.74, 6) is -0.889. The lowest BCUT2D eigenvalue weighted by Crippen LogP contribution is -2.62. The number of rotatable bonds is 5. The summed E-state index contributed by atoms with van der Waals surface area (Å²) in [6.45, 7) is 3.76. The van der Waals surface area contributed by atoms with Gasteiger partial charge in [0.1, 0.15) is 0 Å². The molecule has 1 N–H and O–H groups in total. The smallest absolute Gasteiger partial charge is 0.330 e. The van der Waals surface area contributed by atoms with E-state index in [9.17, 15) is 14.7 Å². The van der Waals surface area contributed by atoms with Crippen LogP contribution in [-0.2, 0) is 9.59 Å². The number of likely N-dealkylation sites (N-methyl/N-ethyl adjacent to an activating group) is 1. The number of likely N-dealkylation sites (tertiary alicyclic amines) is 1. The van der Waals surface area contributed by atoms with Crippen molar-refractivity contribution in [2.24, 2.45) is 0 Å². The van der Waals surface area contributed by atoms with Gasteiger partial charge in [-0.2, -0.15) is 0 Å². The predicted molar refractivity (Wildman–Crippen MR) is 60.2 cm³/mol. The molecule has 0 aromatic heterocycles. The van der Waals surface area contributed by atoms with Crippen molar-refractivity contribution in [2.75, 3.05) is 26.7 Å². The van der Waals surface area contributed by atoms with Crippen LogP contribution in [0, 0.1) is 0 Å². The highest BCUT2D eigenvalue weighted by molar-refractivity contribution is 5.82. The summed E-state index contributed by atoms with van der Waals surface area (Å²) in [6.07, 6.45) is 2.82. The fourth-order valence-electron chi connectivity index (χ4n) is 2.39. The number of carboxylic acids is 1. The Hall–Kier alpha value is -1.10. The van der Waals surface area contributed by atoms with Crippen molar-refractivity contribution in [2.45, 2.75) is 31.7 Å². The van der Waals surface area contributed by atoms with Crippen LogP contribution < -0.4 is 0 Å². The second kappa shape index (κ2) is 5.30. The summed E-state index contributed by atoms with van der Waals surface area (Å²) < 4.78 is 0. The molecule has 1 unspecified atom stereocenters. The monoisotopic (exact) mass is 228 g/mol. The molecule has 0 saturated carbocycles. The Balaban J connectivity index is 2.93. The zero-order valence-electron chi connectivity index (χ0n) is 9.98. The lowest BCUT2D eigenvalue weighted by molar-refractivity contribution is -0.159. The third-order valence-corrected chi connectivity index (χ3v) is 3.20. The van der Waals surface area contributed by atoms with Gasteiger partial charge in [0.05, 0.1) is 0 Å². The van der Waals surface area contributed by atoms with E-state index in [1.54, 1.807) is 0 Å². The van der Waals surface area contributed by atoms with Gasteiger partial charge >= 0.3 is 5.97 Å². The molecular weight excluding hydrogens is 208 g/mol. The highest BCUT2D eigenvalue weighted by atomic mass is 16.4. The molecule has 0 aromatic rings. The Kier molecular flexibility index (Phi) is 4.29. The molecule has 1 atom stereocenters. The van der Waals surface area contributed by atoms with Gasteiger partial charge in [-0.3, -0.25) is 4.79 Å². The molecule has 1 heterocycles. The molecule has 16 heavy (non-hydrogen) atoms. The molecule has 0 radical (unpaired) electrons. The standard InChI is InChI=1S/C11H20N2O3/c1-3-6-13(9-14)11(10(15)16)5-4-7-12(2)8-11/h9H,3-8H2,1-2H3,(H,15,16). The predicted octanol–water partition coefficient (Wildman–Crippen LogP) is 0.404. The SMILES string of the molecule is CCCN(C=O)C1(C(=O)O)CCCN(C)C1. The highest BCUT2D eigenvalue weighted by Gasteiger charge is 2.46. The topological polar surface area (TPSA) is 60.9 Å². The number of amides is 1. The van der Waals surface area contributed by atoms with Crippen molar-refractivity contribution in [3.63, 3.8) is 0 Å². The first-order valence-corrected chi connectivity index (χ1v) is 5.71. The van der Waals surface area contributed by atoms with Crippen molar-refractivity contribution >= 4 is 12.4 Å². The minimum atomic E-state index is -1.02. The van der Waals surface area contributed by atoms with Gasteiger partial charge in [0.25, 0.3) is 0 Å². The first-order chi connectivity index (χ1) is 7.56. The Labute approximate surface area is 96.0 Å². The average Bonchev–Trinajstić information content (AvgIpc) is 2.25. The van der Waals surface area contributed by atoms with Crippen molar-refractivity contribution in [1.29, 1.82) is 0 Å². The lowest BCUT2D eigenvalue weighted by atomic mass is 9.87. The number of hydrogen-bond donors (Lipinski definition) is 1. The highest BCUT2D eigenvalue weighted by Crippen LogP contribution is 2.26. The molecule has 92 valence electrons. The molecule has 1 fully saturated rings. The Morgan fingerprint density at radius 3 is 2.75 bits per heavy atom. The quantitative estimate of drug-likeness (QED) is 0.692. The maximum absolute atomic E-state index is 11.5. The lowest BCUT2D eigenvalue weighted by Gasteiger charge is -2.44. The Bertz CT molecular complexity index is 270. The van der Waals surface area contributed by atoms with Crippen LogP contribution in [-0.4, -0.2) is 59.5 Å². The number of hydrogen-bond acceptors (Lipinski definition) is 3. The molecule has 0 aromatic carbocycles. The van der Waals surface area contributed by atoms with E-state index >= 15 is 0 Å². The van der Waals surface area contributed by atoms with Crippen LogP contribution in [0.25, 0.3) is 0 Å². The summed E-state index contributed by atoms with van der Waals surface area (Å²) in [4.78, 5) is 25.9. The molecule has 1 rings (SSSR count). The second-order valence-corrected chi connectivity index (χ2v) is 4.48. The molecule has 1 aliphatic heterocycles. The van der Waals surface area contributed by atoms with Crippen LogP contribution in [0.3, 0.4) is 0 Å². The third kappa shape index (κ3) is 2.35. The normalized spacial score (nSPS) is 26.4. The molecule has 1 amide bonds. The van der Waals surface area contributed by atoms with Crippen LogP contribution in [0.4, 0.5) is 0 Å². The largest absolute Gasteiger partial charge is 0.479 e. The van der Waals surface area contributed by atoms with Gasteiger partial charge in [-0.05, 0) is 32.9 Å². The maximum Gasteiger partial charge on any atom is 0.330 e. The van der Waals surface area contributed by atoms with Crippen molar-refractivity contribution in [1.82, 2.24) is 9.80 Å². The molecule has 0 aliphatic carbocycles. The van der Waals surface area contributed by atoms with E-state index in [0.29, 0.717) is 25.9 Å². The van der Waals surface area contributed by atoms with Gasteiger partial charge in [-0.1, -0.05) is 6.92 Å². The summed E-state index contributed by atoms with van der Waals surface area (Å²) in [6, 6.07) is 0. The molecule has 5 heteroatoms. The minimum Gasteiger partial charge on any atom is -0.479 e. The van der Waals surface area contributed by atoms with Crippen LogP contribution in [0.2, 0.25) is 0 Å². The van der Waals surface area contributed by atoms with Crippen LogP contribution in [0.1, 0.15) is 26.2 Å². The Morgan fingerprint density at radius 1 is 1.62 bits per heavy atom. The van der Waals surface area contributed by atoms with Gasteiger partial charge in [0.2, 0.25) is 6.41 Å². The van der Waals surface area contributed by atoms with Crippen molar-refractivity contribution < 1.29 is 14.7 Å². The zero-order chi connectivity index (χ0) is 12.2. The molecule has 0 spiro atoms. The maximum atomic E-state index is 11.5. The van der Waals surface area contributed by atoms with Crippen LogP contribution in [0.15, 0.2) is 0 Å². The molecule has 0 bridgehead atoms. The van der Waals surface area contributed by atoms with Gasteiger partial charge < -0.3 is 14.9 Å². The number of nitrogens with zero attached hydrogens (tertiary/aromatic N) is 2. The number of aliphatic carboxylic acids is 1.